The summed E-state index contributed by atoms with van der Waals surface area (Å²) < 4.78 is 1.96. The van der Waals surface area contributed by atoms with Gasteiger partial charge in [-0.2, -0.15) is 16.9 Å². The number of hydrogen-bond acceptors (Lipinski definition) is 3. The molecule has 1 rings (SSSR count). The molecule has 0 aliphatic carbocycles. The van der Waals surface area contributed by atoms with E-state index in [1.165, 1.54) is 23.4 Å². The lowest BCUT2D eigenvalue weighted by atomic mass is 10.1. The SMILES string of the molecule is CCNC(=NCCCCSC)NC(C)Cc1c(C)nn(C)c1C.I. The van der Waals surface area contributed by atoms with Gasteiger partial charge in [-0.25, -0.2) is 0 Å². The standard InChI is InChI=1S/C17H33N5S.HI/c1-7-18-17(19-10-8-9-11-23-6)20-13(2)12-16-14(3)21-22(5)15(16)4;/h13H,7-12H2,1-6H3,(H2,18,19,20);1H. The van der Waals surface area contributed by atoms with Crippen LogP contribution in [0.4, 0.5) is 0 Å². The number of hydrogen-bond donors (Lipinski definition) is 2. The number of unbranched alkanes of at least 4 members (excludes halogenated alkanes) is 1. The van der Waals surface area contributed by atoms with E-state index in [1.807, 2.05) is 23.5 Å². The van der Waals surface area contributed by atoms with Crippen molar-refractivity contribution in [2.75, 3.05) is 25.1 Å². The molecule has 0 aliphatic rings. The van der Waals surface area contributed by atoms with Crippen molar-refractivity contribution in [3.8, 4) is 0 Å². The molecule has 1 aromatic rings. The Labute approximate surface area is 168 Å². The fourth-order valence-corrected chi connectivity index (χ4v) is 3.07. The largest absolute Gasteiger partial charge is 0.357 e. The minimum absolute atomic E-state index is 0. The molecule has 0 saturated heterocycles. The van der Waals surface area contributed by atoms with Crippen LogP contribution in [-0.2, 0) is 13.5 Å². The predicted molar refractivity (Wildman–Crippen MR) is 118 cm³/mol. The van der Waals surface area contributed by atoms with E-state index in [4.69, 9.17) is 0 Å². The van der Waals surface area contributed by atoms with Gasteiger partial charge in [0, 0.05) is 31.9 Å². The first-order chi connectivity index (χ1) is 11.0. The summed E-state index contributed by atoms with van der Waals surface area (Å²) in [5.74, 6) is 2.14. The van der Waals surface area contributed by atoms with Crippen molar-refractivity contribution < 1.29 is 0 Å². The maximum Gasteiger partial charge on any atom is 0.191 e. The molecule has 0 aliphatic heterocycles. The maximum atomic E-state index is 4.68. The van der Waals surface area contributed by atoms with Crippen molar-refractivity contribution in [3.63, 3.8) is 0 Å². The van der Waals surface area contributed by atoms with E-state index >= 15 is 0 Å². The summed E-state index contributed by atoms with van der Waals surface area (Å²) in [5.41, 5.74) is 3.70. The lowest BCUT2D eigenvalue weighted by molar-refractivity contribution is 0.634. The molecule has 1 heterocycles. The van der Waals surface area contributed by atoms with Gasteiger partial charge in [-0.05, 0) is 64.5 Å². The first kappa shape index (κ1) is 23.6. The Bertz CT molecular complexity index is 501. The van der Waals surface area contributed by atoms with Crippen molar-refractivity contribution in [2.24, 2.45) is 12.0 Å². The van der Waals surface area contributed by atoms with Crippen LogP contribution in [0.25, 0.3) is 0 Å². The molecule has 0 fully saturated rings. The number of nitrogens with zero attached hydrogens (tertiary/aromatic N) is 3. The number of aliphatic imine (C=N–C) groups is 1. The molecule has 0 spiro atoms. The van der Waals surface area contributed by atoms with Crippen LogP contribution in [0, 0.1) is 13.8 Å². The molecule has 0 saturated carbocycles. The van der Waals surface area contributed by atoms with Crippen LogP contribution in [-0.4, -0.2) is 46.9 Å². The van der Waals surface area contributed by atoms with Crippen molar-refractivity contribution in [1.82, 2.24) is 20.4 Å². The van der Waals surface area contributed by atoms with Crippen LogP contribution in [0.5, 0.6) is 0 Å². The smallest absolute Gasteiger partial charge is 0.191 e. The summed E-state index contributed by atoms with van der Waals surface area (Å²) in [6.07, 6.45) is 5.49. The third kappa shape index (κ3) is 8.09. The van der Waals surface area contributed by atoms with Crippen molar-refractivity contribution >= 4 is 41.7 Å². The summed E-state index contributed by atoms with van der Waals surface area (Å²) in [5, 5.41) is 11.4. The van der Waals surface area contributed by atoms with E-state index in [9.17, 15) is 0 Å². The predicted octanol–water partition coefficient (Wildman–Crippen LogP) is 3.28. The van der Waals surface area contributed by atoms with Crippen LogP contribution in [0.15, 0.2) is 4.99 Å². The molecule has 0 radical (unpaired) electrons. The zero-order valence-electron chi connectivity index (χ0n) is 16.0. The Kier molecular flexibility index (Phi) is 12.6. The lowest BCUT2D eigenvalue weighted by Gasteiger charge is -2.18. The van der Waals surface area contributed by atoms with Gasteiger partial charge >= 0.3 is 0 Å². The molecular weight excluding hydrogens is 433 g/mol. The number of nitrogens with one attached hydrogen (secondary N) is 2. The number of halogens is 1. The number of aryl methyl sites for hydroxylation is 2. The number of thioether (sulfide) groups is 1. The minimum atomic E-state index is 0. The first-order valence-electron chi connectivity index (χ1n) is 8.52. The molecule has 1 aromatic heterocycles. The molecule has 0 amide bonds. The molecule has 7 heteroatoms. The van der Waals surface area contributed by atoms with Gasteiger partial charge in [0.2, 0.25) is 0 Å². The van der Waals surface area contributed by atoms with E-state index in [1.54, 1.807) is 0 Å². The highest BCUT2D eigenvalue weighted by molar-refractivity contribution is 14.0. The Morgan fingerprint density at radius 2 is 2.04 bits per heavy atom. The maximum absolute atomic E-state index is 4.68. The molecule has 1 unspecified atom stereocenters. The van der Waals surface area contributed by atoms with Gasteiger partial charge in [0.1, 0.15) is 0 Å². The van der Waals surface area contributed by atoms with E-state index in [0.29, 0.717) is 6.04 Å². The van der Waals surface area contributed by atoms with Crippen LogP contribution >= 0.6 is 35.7 Å². The van der Waals surface area contributed by atoms with Gasteiger partial charge in [0.25, 0.3) is 0 Å². The Hall–Kier alpha value is -0.440. The molecule has 2 N–H and O–H groups in total. The summed E-state index contributed by atoms with van der Waals surface area (Å²) in [7, 11) is 2.00. The lowest BCUT2D eigenvalue weighted by Crippen LogP contribution is -2.43. The molecule has 0 aromatic carbocycles. The minimum Gasteiger partial charge on any atom is -0.357 e. The topological polar surface area (TPSA) is 54.2 Å². The Morgan fingerprint density at radius 1 is 1.33 bits per heavy atom. The Balaban J connectivity index is 0.00000529. The van der Waals surface area contributed by atoms with Crippen LogP contribution < -0.4 is 10.6 Å². The quantitative estimate of drug-likeness (QED) is 0.253. The second kappa shape index (κ2) is 12.9. The monoisotopic (exact) mass is 467 g/mol. The van der Waals surface area contributed by atoms with Crippen molar-refractivity contribution in [2.45, 2.75) is 53.0 Å². The highest BCUT2D eigenvalue weighted by Crippen LogP contribution is 2.14. The highest BCUT2D eigenvalue weighted by Gasteiger charge is 2.13. The second-order valence-electron chi connectivity index (χ2n) is 5.98. The summed E-state index contributed by atoms with van der Waals surface area (Å²) in [4.78, 5) is 4.68. The fraction of sp³-hybridized carbons (Fsp3) is 0.765. The van der Waals surface area contributed by atoms with Gasteiger partial charge in [0.05, 0.1) is 5.69 Å². The van der Waals surface area contributed by atoms with Crippen LogP contribution in [0.2, 0.25) is 0 Å². The molecule has 5 nitrogen and oxygen atoms in total. The van der Waals surface area contributed by atoms with Crippen molar-refractivity contribution in [1.29, 1.82) is 0 Å². The number of guanidine groups is 1. The summed E-state index contributed by atoms with van der Waals surface area (Å²) in [6, 6.07) is 0.320. The Morgan fingerprint density at radius 3 is 2.58 bits per heavy atom. The zero-order valence-corrected chi connectivity index (χ0v) is 19.1. The van der Waals surface area contributed by atoms with E-state index < -0.39 is 0 Å². The average Bonchev–Trinajstić information content (AvgIpc) is 2.73. The van der Waals surface area contributed by atoms with E-state index in [-0.39, 0.29) is 24.0 Å². The van der Waals surface area contributed by atoms with Crippen LogP contribution in [0.3, 0.4) is 0 Å². The van der Waals surface area contributed by atoms with Gasteiger partial charge in [-0.1, -0.05) is 0 Å². The fourth-order valence-electron chi connectivity index (χ4n) is 2.57. The van der Waals surface area contributed by atoms with E-state index in [2.05, 4.69) is 54.7 Å². The molecule has 0 bridgehead atoms. The number of rotatable bonds is 9. The number of aromatic nitrogens is 2. The van der Waals surface area contributed by atoms with Gasteiger partial charge in [-0.15, -0.1) is 24.0 Å². The van der Waals surface area contributed by atoms with Crippen LogP contribution in [0.1, 0.15) is 43.6 Å². The normalized spacial score (nSPS) is 12.7. The average molecular weight is 467 g/mol. The van der Waals surface area contributed by atoms with Gasteiger partial charge in [-0.3, -0.25) is 9.67 Å². The second-order valence-corrected chi connectivity index (χ2v) is 6.97. The summed E-state index contributed by atoms with van der Waals surface area (Å²) in [6.45, 7) is 10.3. The van der Waals surface area contributed by atoms with Gasteiger partial charge < -0.3 is 10.6 Å². The zero-order chi connectivity index (χ0) is 17.2. The molecule has 1 atom stereocenters. The molecular formula is C17H34IN5S. The third-order valence-electron chi connectivity index (χ3n) is 3.92. The highest BCUT2D eigenvalue weighted by atomic mass is 127. The molecule has 24 heavy (non-hydrogen) atoms. The summed E-state index contributed by atoms with van der Waals surface area (Å²) >= 11 is 1.90. The third-order valence-corrected chi connectivity index (χ3v) is 4.62. The molecule has 140 valence electrons. The first-order valence-corrected chi connectivity index (χ1v) is 9.91. The van der Waals surface area contributed by atoms with Crippen molar-refractivity contribution in [3.05, 3.63) is 17.0 Å². The van der Waals surface area contributed by atoms with Gasteiger partial charge in [0.15, 0.2) is 5.96 Å². The van der Waals surface area contributed by atoms with E-state index in [0.717, 1.165) is 37.6 Å².